The molecule has 0 saturated heterocycles. The third-order valence-electron chi connectivity index (χ3n) is 3.02. The van der Waals surface area contributed by atoms with Crippen molar-refractivity contribution in [2.45, 2.75) is 20.4 Å². The lowest BCUT2D eigenvalue weighted by atomic mass is 10.1. The standard InChI is InChI=1S/C15H19N3/c1-3-18(15-10-12(2)8-9-17-15)11-13-6-4-5-7-14(13)16/h4-10H,3,11,16H2,1-2H3. The van der Waals surface area contributed by atoms with Crippen molar-refractivity contribution < 1.29 is 0 Å². The molecule has 0 aliphatic rings. The molecule has 0 spiro atoms. The van der Waals surface area contributed by atoms with Gasteiger partial charge in [-0.15, -0.1) is 0 Å². The third kappa shape index (κ3) is 2.80. The van der Waals surface area contributed by atoms with Crippen LogP contribution in [0, 0.1) is 6.92 Å². The van der Waals surface area contributed by atoms with Gasteiger partial charge < -0.3 is 10.6 Å². The van der Waals surface area contributed by atoms with Crippen LogP contribution in [0.2, 0.25) is 0 Å². The van der Waals surface area contributed by atoms with Crippen LogP contribution in [0.15, 0.2) is 42.6 Å². The van der Waals surface area contributed by atoms with E-state index in [0.717, 1.165) is 30.2 Å². The summed E-state index contributed by atoms with van der Waals surface area (Å²) in [5.74, 6) is 1.00. The molecule has 3 heteroatoms. The molecule has 0 aliphatic heterocycles. The molecule has 0 atom stereocenters. The summed E-state index contributed by atoms with van der Waals surface area (Å²) in [5, 5.41) is 0. The summed E-state index contributed by atoms with van der Waals surface area (Å²) in [7, 11) is 0. The Bertz CT molecular complexity index is 523. The highest BCUT2D eigenvalue weighted by atomic mass is 15.2. The molecule has 0 radical (unpaired) electrons. The van der Waals surface area contributed by atoms with Gasteiger partial charge in [0, 0.05) is 25.0 Å². The topological polar surface area (TPSA) is 42.1 Å². The maximum atomic E-state index is 5.98. The van der Waals surface area contributed by atoms with Crippen molar-refractivity contribution in [2.75, 3.05) is 17.2 Å². The van der Waals surface area contributed by atoms with Gasteiger partial charge in [0.25, 0.3) is 0 Å². The van der Waals surface area contributed by atoms with Gasteiger partial charge >= 0.3 is 0 Å². The van der Waals surface area contributed by atoms with Gasteiger partial charge in [0.1, 0.15) is 5.82 Å². The number of aryl methyl sites for hydroxylation is 1. The summed E-state index contributed by atoms with van der Waals surface area (Å²) in [6.07, 6.45) is 1.85. The lowest BCUT2D eigenvalue weighted by Crippen LogP contribution is -2.23. The second-order valence-corrected chi connectivity index (χ2v) is 4.40. The van der Waals surface area contributed by atoms with Crippen LogP contribution in [0.25, 0.3) is 0 Å². The fourth-order valence-corrected chi connectivity index (χ4v) is 1.93. The Morgan fingerprint density at radius 2 is 2.00 bits per heavy atom. The van der Waals surface area contributed by atoms with E-state index in [1.807, 2.05) is 30.5 Å². The molecular weight excluding hydrogens is 222 g/mol. The van der Waals surface area contributed by atoms with Gasteiger partial charge in [-0.2, -0.15) is 0 Å². The van der Waals surface area contributed by atoms with E-state index in [1.165, 1.54) is 5.56 Å². The summed E-state index contributed by atoms with van der Waals surface area (Å²) >= 11 is 0. The lowest BCUT2D eigenvalue weighted by Gasteiger charge is -2.23. The van der Waals surface area contributed by atoms with Crippen LogP contribution in [-0.2, 0) is 6.54 Å². The molecule has 2 rings (SSSR count). The Morgan fingerprint density at radius 1 is 1.22 bits per heavy atom. The Labute approximate surface area is 108 Å². The van der Waals surface area contributed by atoms with Gasteiger partial charge in [0.2, 0.25) is 0 Å². The molecule has 1 heterocycles. The van der Waals surface area contributed by atoms with Gasteiger partial charge in [0.15, 0.2) is 0 Å². The van der Waals surface area contributed by atoms with Crippen LogP contribution in [0.4, 0.5) is 11.5 Å². The minimum atomic E-state index is 0.791. The first-order valence-corrected chi connectivity index (χ1v) is 6.21. The molecular formula is C15H19N3. The normalized spacial score (nSPS) is 10.3. The molecule has 1 aromatic heterocycles. The minimum Gasteiger partial charge on any atom is -0.398 e. The third-order valence-corrected chi connectivity index (χ3v) is 3.02. The summed E-state index contributed by atoms with van der Waals surface area (Å²) in [4.78, 5) is 6.64. The predicted octanol–water partition coefficient (Wildman–Crippen LogP) is 3.00. The highest BCUT2D eigenvalue weighted by molar-refractivity contribution is 5.50. The first-order chi connectivity index (χ1) is 8.70. The smallest absolute Gasteiger partial charge is 0.129 e. The number of nitrogens with zero attached hydrogens (tertiary/aromatic N) is 2. The zero-order valence-electron chi connectivity index (χ0n) is 10.9. The molecule has 2 N–H and O–H groups in total. The van der Waals surface area contributed by atoms with Crippen LogP contribution in [0.5, 0.6) is 0 Å². The number of pyridine rings is 1. The van der Waals surface area contributed by atoms with Gasteiger partial charge in [0.05, 0.1) is 0 Å². The van der Waals surface area contributed by atoms with E-state index in [4.69, 9.17) is 5.73 Å². The number of hydrogen-bond acceptors (Lipinski definition) is 3. The van der Waals surface area contributed by atoms with Crippen molar-refractivity contribution in [3.63, 3.8) is 0 Å². The summed E-state index contributed by atoms with van der Waals surface area (Å²) in [6, 6.07) is 12.1. The van der Waals surface area contributed by atoms with E-state index in [1.54, 1.807) is 0 Å². The number of rotatable bonds is 4. The van der Waals surface area contributed by atoms with E-state index in [9.17, 15) is 0 Å². The van der Waals surface area contributed by atoms with Crippen LogP contribution in [-0.4, -0.2) is 11.5 Å². The molecule has 0 fully saturated rings. The number of hydrogen-bond donors (Lipinski definition) is 1. The van der Waals surface area contributed by atoms with Gasteiger partial charge in [-0.1, -0.05) is 18.2 Å². The van der Waals surface area contributed by atoms with Crippen molar-refractivity contribution in [3.8, 4) is 0 Å². The van der Waals surface area contributed by atoms with Crippen LogP contribution < -0.4 is 10.6 Å². The van der Waals surface area contributed by atoms with Crippen molar-refractivity contribution in [1.29, 1.82) is 0 Å². The molecule has 0 saturated carbocycles. The molecule has 18 heavy (non-hydrogen) atoms. The molecule has 0 amide bonds. The zero-order chi connectivity index (χ0) is 13.0. The van der Waals surface area contributed by atoms with Crippen molar-refractivity contribution in [1.82, 2.24) is 4.98 Å². The van der Waals surface area contributed by atoms with E-state index >= 15 is 0 Å². The van der Waals surface area contributed by atoms with Gasteiger partial charge in [-0.05, 0) is 43.2 Å². The van der Waals surface area contributed by atoms with Crippen molar-refractivity contribution in [2.24, 2.45) is 0 Å². The van der Waals surface area contributed by atoms with Crippen molar-refractivity contribution >= 4 is 11.5 Å². The van der Waals surface area contributed by atoms with Crippen LogP contribution in [0.3, 0.4) is 0 Å². The van der Waals surface area contributed by atoms with Crippen LogP contribution in [0.1, 0.15) is 18.1 Å². The van der Waals surface area contributed by atoms with E-state index in [0.29, 0.717) is 0 Å². The minimum absolute atomic E-state index is 0.791. The SMILES string of the molecule is CCN(Cc1ccccc1N)c1cc(C)ccn1. The number of anilines is 2. The maximum absolute atomic E-state index is 5.98. The quantitative estimate of drug-likeness (QED) is 0.837. The molecule has 3 nitrogen and oxygen atoms in total. The van der Waals surface area contributed by atoms with E-state index in [-0.39, 0.29) is 0 Å². The second-order valence-electron chi connectivity index (χ2n) is 4.40. The number of nitrogen functional groups attached to an aromatic ring is 1. The Morgan fingerprint density at radius 3 is 2.67 bits per heavy atom. The van der Waals surface area contributed by atoms with Gasteiger partial charge in [-0.25, -0.2) is 4.98 Å². The van der Waals surface area contributed by atoms with Crippen LogP contribution >= 0.6 is 0 Å². The van der Waals surface area contributed by atoms with Crippen molar-refractivity contribution in [3.05, 3.63) is 53.7 Å². The molecule has 1 aromatic carbocycles. The van der Waals surface area contributed by atoms with E-state index < -0.39 is 0 Å². The number of aromatic nitrogens is 1. The zero-order valence-corrected chi connectivity index (χ0v) is 10.9. The summed E-state index contributed by atoms with van der Waals surface area (Å²) in [6.45, 7) is 5.91. The first-order valence-electron chi connectivity index (χ1n) is 6.21. The first kappa shape index (κ1) is 12.4. The predicted molar refractivity (Wildman–Crippen MR) is 76.6 cm³/mol. The monoisotopic (exact) mass is 241 g/mol. The maximum Gasteiger partial charge on any atom is 0.129 e. The highest BCUT2D eigenvalue weighted by Crippen LogP contribution is 2.18. The number of benzene rings is 1. The fourth-order valence-electron chi connectivity index (χ4n) is 1.93. The molecule has 2 aromatic rings. The fraction of sp³-hybridized carbons (Fsp3) is 0.267. The van der Waals surface area contributed by atoms with Gasteiger partial charge in [-0.3, -0.25) is 0 Å². The summed E-state index contributed by atoms with van der Waals surface area (Å²) in [5.41, 5.74) is 9.18. The highest BCUT2D eigenvalue weighted by Gasteiger charge is 2.08. The second kappa shape index (κ2) is 5.54. The Balaban J connectivity index is 2.23. The lowest BCUT2D eigenvalue weighted by molar-refractivity contribution is 0.814. The molecule has 0 aliphatic carbocycles. The number of nitrogens with two attached hydrogens (primary N) is 1. The average molecular weight is 241 g/mol. The molecule has 0 unspecified atom stereocenters. The number of para-hydroxylation sites is 1. The molecule has 94 valence electrons. The van der Waals surface area contributed by atoms with E-state index in [2.05, 4.69) is 35.9 Å². The Hall–Kier alpha value is -2.03. The summed E-state index contributed by atoms with van der Waals surface area (Å²) < 4.78 is 0. The molecule has 0 bridgehead atoms. The largest absolute Gasteiger partial charge is 0.398 e. The average Bonchev–Trinajstić information content (AvgIpc) is 2.38. The Kier molecular flexibility index (Phi) is 3.82.